The molecular weight excluding hydrogens is 651 g/mol. The molecule has 0 aromatic heterocycles. The van der Waals surface area contributed by atoms with Gasteiger partial charge in [0, 0.05) is 22.5 Å². The number of nitrogens with zero attached hydrogens (tertiary/aromatic N) is 1. The van der Waals surface area contributed by atoms with E-state index in [1.54, 1.807) is 0 Å². The number of para-hydroxylation sites is 1. The van der Waals surface area contributed by atoms with Crippen molar-refractivity contribution in [1.29, 1.82) is 0 Å². The van der Waals surface area contributed by atoms with Crippen LogP contribution in [0, 0.1) is 0 Å². The molecule has 10 rings (SSSR count). The van der Waals surface area contributed by atoms with Crippen LogP contribution in [-0.2, 0) is 5.41 Å². The summed E-state index contributed by atoms with van der Waals surface area (Å²) in [5.74, 6) is 0. The highest BCUT2D eigenvalue weighted by molar-refractivity contribution is 5.97. The second-order valence-electron chi connectivity index (χ2n) is 15.0. The fourth-order valence-electron chi connectivity index (χ4n) is 8.56. The number of anilines is 3. The molecule has 0 amide bonds. The van der Waals surface area contributed by atoms with E-state index in [0.717, 1.165) is 17.1 Å². The maximum absolute atomic E-state index is 2.42. The van der Waals surface area contributed by atoms with E-state index in [4.69, 9.17) is 0 Å². The normalized spacial score (nSPS) is 12.8. The smallest absolute Gasteiger partial charge is 0.0465 e. The van der Waals surface area contributed by atoms with E-state index >= 15 is 0 Å². The number of benzene rings is 9. The van der Waals surface area contributed by atoms with Gasteiger partial charge in [-0.2, -0.15) is 0 Å². The Morgan fingerprint density at radius 2 is 0.833 bits per heavy atom. The highest BCUT2D eigenvalue weighted by Crippen LogP contribution is 2.51. The number of rotatable bonds is 6. The van der Waals surface area contributed by atoms with Crippen LogP contribution >= 0.6 is 0 Å². The van der Waals surface area contributed by atoms with Gasteiger partial charge in [0.2, 0.25) is 0 Å². The molecule has 1 aliphatic rings. The lowest BCUT2D eigenvalue weighted by atomic mass is 9.81. The SMILES string of the molecule is CC1(C)c2cc(-c3ccc(-c4cccc5ccccc45)cc3)ccc2-c2ccc(N(c3ccccc3)c3ccc(-c4ccc5ccccc5c4)cc3)cc21. The molecule has 1 nitrogen and oxygen atoms in total. The molecule has 1 aliphatic carbocycles. The molecule has 0 unspecified atom stereocenters. The Labute approximate surface area is 317 Å². The summed E-state index contributed by atoms with van der Waals surface area (Å²) in [7, 11) is 0. The largest absolute Gasteiger partial charge is 0.310 e. The lowest BCUT2D eigenvalue weighted by Crippen LogP contribution is -2.16. The molecule has 0 spiro atoms. The molecule has 0 radical (unpaired) electrons. The van der Waals surface area contributed by atoms with Gasteiger partial charge in [-0.1, -0.05) is 166 Å². The molecule has 1 heteroatoms. The third-order valence-electron chi connectivity index (χ3n) is 11.5. The van der Waals surface area contributed by atoms with Crippen molar-refractivity contribution in [3.8, 4) is 44.5 Å². The van der Waals surface area contributed by atoms with Crippen LogP contribution in [0.1, 0.15) is 25.0 Å². The van der Waals surface area contributed by atoms with Gasteiger partial charge in [0.25, 0.3) is 0 Å². The molecule has 0 heterocycles. The van der Waals surface area contributed by atoms with Crippen LogP contribution in [0.4, 0.5) is 17.1 Å². The molecule has 9 aromatic carbocycles. The van der Waals surface area contributed by atoms with E-state index in [0.29, 0.717) is 0 Å². The van der Waals surface area contributed by atoms with E-state index in [2.05, 4.69) is 219 Å². The summed E-state index contributed by atoms with van der Waals surface area (Å²) < 4.78 is 0. The molecule has 0 atom stereocenters. The zero-order chi connectivity index (χ0) is 36.2. The number of hydrogen-bond acceptors (Lipinski definition) is 1. The van der Waals surface area contributed by atoms with Crippen molar-refractivity contribution in [2.24, 2.45) is 0 Å². The fraction of sp³-hybridized carbons (Fsp3) is 0.0566. The lowest BCUT2D eigenvalue weighted by molar-refractivity contribution is 0.660. The van der Waals surface area contributed by atoms with Gasteiger partial charge in [0.1, 0.15) is 0 Å². The summed E-state index contributed by atoms with van der Waals surface area (Å²) in [6, 6.07) is 73.3. The van der Waals surface area contributed by atoms with Gasteiger partial charge < -0.3 is 4.90 Å². The van der Waals surface area contributed by atoms with Crippen molar-refractivity contribution < 1.29 is 0 Å². The zero-order valence-electron chi connectivity index (χ0n) is 30.5. The summed E-state index contributed by atoms with van der Waals surface area (Å²) in [6.45, 7) is 4.75. The summed E-state index contributed by atoms with van der Waals surface area (Å²) in [5, 5.41) is 5.07. The van der Waals surface area contributed by atoms with Crippen LogP contribution in [0.25, 0.3) is 66.1 Å². The summed E-state index contributed by atoms with van der Waals surface area (Å²) >= 11 is 0. The molecule has 0 saturated heterocycles. The second-order valence-corrected chi connectivity index (χ2v) is 15.0. The van der Waals surface area contributed by atoms with Crippen molar-refractivity contribution in [2.45, 2.75) is 19.3 Å². The lowest BCUT2D eigenvalue weighted by Gasteiger charge is -2.28. The van der Waals surface area contributed by atoms with Gasteiger partial charge in [0.05, 0.1) is 0 Å². The Hall–Kier alpha value is -6.70. The first-order valence-corrected chi connectivity index (χ1v) is 18.8. The van der Waals surface area contributed by atoms with Gasteiger partial charge in [-0.15, -0.1) is 0 Å². The van der Waals surface area contributed by atoms with Gasteiger partial charge in [0.15, 0.2) is 0 Å². The van der Waals surface area contributed by atoms with E-state index in [-0.39, 0.29) is 5.41 Å². The highest BCUT2D eigenvalue weighted by atomic mass is 15.1. The van der Waals surface area contributed by atoms with Gasteiger partial charge >= 0.3 is 0 Å². The van der Waals surface area contributed by atoms with Gasteiger partial charge in [-0.25, -0.2) is 0 Å². The maximum Gasteiger partial charge on any atom is 0.0465 e. The number of fused-ring (bicyclic) bond motifs is 5. The van der Waals surface area contributed by atoms with E-state index in [9.17, 15) is 0 Å². The molecule has 0 bridgehead atoms. The van der Waals surface area contributed by atoms with Crippen LogP contribution in [0.3, 0.4) is 0 Å². The second kappa shape index (κ2) is 12.8. The van der Waals surface area contributed by atoms with Gasteiger partial charge in [-0.3, -0.25) is 0 Å². The summed E-state index contributed by atoms with van der Waals surface area (Å²) in [4.78, 5) is 2.38. The first-order valence-electron chi connectivity index (χ1n) is 18.8. The standard InChI is InChI=1S/C53H39N/c1-53(2)51-34-43(37-19-22-40(23-20-37)48-18-10-14-39-12-8-9-17-47(39)48)27-31-49(51)50-32-30-46(35-52(50)53)54(44-15-4-3-5-16-44)45-28-25-38(26-29-45)42-24-21-36-11-6-7-13-41(36)33-42/h3-35H,1-2H3. The Morgan fingerprint density at radius 3 is 1.61 bits per heavy atom. The van der Waals surface area contributed by atoms with Crippen molar-refractivity contribution in [3.63, 3.8) is 0 Å². The maximum atomic E-state index is 2.42. The predicted molar refractivity (Wildman–Crippen MR) is 230 cm³/mol. The topological polar surface area (TPSA) is 3.24 Å². The molecular formula is C53H39N. The Kier molecular flexibility index (Phi) is 7.56. The van der Waals surface area contributed by atoms with Crippen LogP contribution in [0.2, 0.25) is 0 Å². The Bertz CT molecular complexity index is 2820. The monoisotopic (exact) mass is 689 g/mol. The zero-order valence-corrected chi connectivity index (χ0v) is 30.5. The van der Waals surface area contributed by atoms with Crippen molar-refractivity contribution in [3.05, 3.63) is 211 Å². The molecule has 9 aromatic rings. The minimum Gasteiger partial charge on any atom is -0.310 e. The quantitative estimate of drug-likeness (QED) is 0.168. The molecule has 0 saturated carbocycles. The minimum absolute atomic E-state index is 0.165. The van der Waals surface area contributed by atoms with E-state index in [1.807, 2.05) is 0 Å². The average Bonchev–Trinajstić information content (AvgIpc) is 3.46. The van der Waals surface area contributed by atoms with Crippen molar-refractivity contribution in [1.82, 2.24) is 0 Å². The van der Waals surface area contributed by atoms with Gasteiger partial charge in [-0.05, 0) is 126 Å². The average molecular weight is 690 g/mol. The number of hydrogen-bond donors (Lipinski definition) is 0. The fourth-order valence-corrected chi connectivity index (χ4v) is 8.56. The highest BCUT2D eigenvalue weighted by Gasteiger charge is 2.36. The van der Waals surface area contributed by atoms with Crippen LogP contribution in [0.5, 0.6) is 0 Å². The summed E-state index contributed by atoms with van der Waals surface area (Å²) in [5.41, 5.74) is 16.1. The van der Waals surface area contributed by atoms with E-state index in [1.165, 1.54) is 77.2 Å². The van der Waals surface area contributed by atoms with Crippen LogP contribution < -0.4 is 4.90 Å². The Balaban J connectivity index is 0.984. The third kappa shape index (κ3) is 5.40. The van der Waals surface area contributed by atoms with Crippen LogP contribution in [-0.4, -0.2) is 0 Å². The summed E-state index contributed by atoms with van der Waals surface area (Å²) in [6.07, 6.45) is 0. The van der Waals surface area contributed by atoms with Crippen LogP contribution in [0.15, 0.2) is 200 Å². The Morgan fingerprint density at radius 1 is 0.315 bits per heavy atom. The third-order valence-corrected chi connectivity index (χ3v) is 11.5. The van der Waals surface area contributed by atoms with Crippen molar-refractivity contribution in [2.75, 3.05) is 4.90 Å². The molecule has 0 N–H and O–H groups in total. The molecule has 54 heavy (non-hydrogen) atoms. The predicted octanol–water partition coefficient (Wildman–Crippen LogP) is 14.8. The first kappa shape index (κ1) is 32.0. The van der Waals surface area contributed by atoms with Crippen molar-refractivity contribution >= 4 is 38.6 Å². The first-order chi connectivity index (χ1) is 26.5. The van der Waals surface area contributed by atoms with E-state index < -0.39 is 0 Å². The minimum atomic E-state index is -0.165. The molecule has 0 fully saturated rings. The molecule has 0 aliphatic heterocycles. The molecule has 256 valence electrons.